The van der Waals surface area contributed by atoms with Gasteiger partial charge in [-0.2, -0.15) is 0 Å². The molecule has 3 N–H and O–H groups in total. The smallest absolute Gasteiger partial charge is 0.287 e. The molecule has 25 heavy (non-hydrogen) atoms. The van der Waals surface area contributed by atoms with E-state index in [1.807, 2.05) is 32.0 Å². The lowest BCUT2D eigenvalue weighted by atomic mass is 10.1. The minimum Gasteiger partial charge on any atom is -0.459 e. The van der Waals surface area contributed by atoms with E-state index in [9.17, 15) is 14.4 Å². The second-order valence-corrected chi connectivity index (χ2v) is 5.71. The number of nitrogens with one attached hydrogen (secondary N) is 3. The molecule has 1 heterocycles. The number of amides is 3. The van der Waals surface area contributed by atoms with Crippen molar-refractivity contribution in [3.8, 4) is 0 Å². The van der Waals surface area contributed by atoms with Crippen molar-refractivity contribution in [2.24, 2.45) is 0 Å². The summed E-state index contributed by atoms with van der Waals surface area (Å²) >= 11 is 0. The number of hydrogen-bond acceptors (Lipinski definition) is 4. The molecule has 0 bridgehead atoms. The number of benzene rings is 1. The molecular formula is C18H21N3O4. The third-order valence-electron chi connectivity index (χ3n) is 3.65. The number of carbonyl (C=O) groups excluding carboxylic acids is 3. The zero-order valence-corrected chi connectivity index (χ0v) is 14.4. The van der Waals surface area contributed by atoms with Gasteiger partial charge < -0.3 is 20.4 Å². The molecule has 0 radical (unpaired) electrons. The van der Waals surface area contributed by atoms with E-state index in [0.717, 1.165) is 16.8 Å². The van der Waals surface area contributed by atoms with E-state index in [-0.39, 0.29) is 18.2 Å². The van der Waals surface area contributed by atoms with E-state index in [4.69, 9.17) is 4.42 Å². The third kappa shape index (κ3) is 4.94. The highest BCUT2D eigenvalue weighted by Gasteiger charge is 2.18. The minimum atomic E-state index is -0.800. The van der Waals surface area contributed by atoms with Gasteiger partial charge in [0.05, 0.1) is 12.8 Å². The Labute approximate surface area is 145 Å². The Morgan fingerprint density at radius 3 is 2.36 bits per heavy atom. The zero-order chi connectivity index (χ0) is 18.4. The van der Waals surface area contributed by atoms with Crippen LogP contribution < -0.4 is 16.0 Å². The van der Waals surface area contributed by atoms with Gasteiger partial charge in [0.25, 0.3) is 5.91 Å². The van der Waals surface area contributed by atoms with Gasteiger partial charge in [-0.25, -0.2) is 0 Å². The standard InChI is InChI=1S/C18H21N3O4/c1-11-6-4-7-12(2)16(11)21-15(22)10-19-17(23)13(3)20-18(24)14-8-5-9-25-14/h4-9,13H,10H2,1-3H3,(H,19,23)(H,20,24)(H,21,22). The van der Waals surface area contributed by atoms with Crippen LogP contribution in [-0.4, -0.2) is 30.3 Å². The van der Waals surface area contributed by atoms with Crippen LogP contribution in [0.1, 0.15) is 28.6 Å². The van der Waals surface area contributed by atoms with Gasteiger partial charge in [-0.05, 0) is 44.0 Å². The number of anilines is 1. The predicted octanol–water partition coefficient (Wildman–Crippen LogP) is 1.77. The predicted molar refractivity (Wildman–Crippen MR) is 93.2 cm³/mol. The highest BCUT2D eigenvalue weighted by atomic mass is 16.3. The Morgan fingerprint density at radius 1 is 1.08 bits per heavy atom. The summed E-state index contributed by atoms with van der Waals surface area (Å²) in [5.74, 6) is -1.17. The lowest BCUT2D eigenvalue weighted by molar-refractivity contribution is -0.125. The maximum atomic E-state index is 12.0. The summed E-state index contributed by atoms with van der Waals surface area (Å²) in [6, 6.07) is 7.98. The molecule has 1 aromatic carbocycles. The molecule has 0 fully saturated rings. The van der Waals surface area contributed by atoms with Crippen molar-refractivity contribution < 1.29 is 18.8 Å². The SMILES string of the molecule is Cc1cccc(C)c1NC(=O)CNC(=O)C(C)NC(=O)c1ccco1. The van der Waals surface area contributed by atoms with Crippen LogP contribution in [0.5, 0.6) is 0 Å². The van der Waals surface area contributed by atoms with E-state index >= 15 is 0 Å². The molecule has 1 atom stereocenters. The summed E-state index contributed by atoms with van der Waals surface area (Å²) in [6.07, 6.45) is 1.37. The molecule has 0 aliphatic carbocycles. The van der Waals surface area contributed by atoms with Crippen molar-refractivity contribution in [1.82, 2.24) is 10.6 Å². The van der Waals surface area contributed by atoms with Crippen molar-refractivity contribution in [2.75, 3.05) is 11.9 Å². The Morgan fingerprint density at radius 2 is 1.76 bits per heavy atom. The summed E-state index contributed by atoms with van der Waals surface area (Å²) in [6.45, 7) is 5.13. The van der Waals surface area contributed by atoms with E-state index < -0.39 is 17.9 Å². The van der Waals surface area contributed by atoms with Crippen LogP contribution in [0.4, 0.5) is 5.69 Å². The maximum Gasteiger partial charge on any atom is 0.287 e. The molecule has 7 heteroatoms. The average molecular weight is 343 g/mol. The first-order valence-corrected chi connectivity index (χ1v) is 7.86. The van der Waals surface area contributed by atoms with Gasteiger partial charge in [0.15, 0.2) is 5.76 Å². The Bertz CT molecular complexity index is 748. The molecule has 0 aliphatic rings. The number of rotatable bonds is 6. The van der Waals surface area contributed by atoms with Crippen LogP contribution in [0, 0.1) is 13.8 Å². The fourth-order valence-corrected chi connectivity index (χ4v) is 2.26. The van der Waals surface area contributed by atoms with E-state index in [0.29, 0.717) is 0 Å². The molecule has 0 spiro atoms. The highest BCUT2D eigenvalue weighted by molar-refractivity contribution is 5.98. The van der Waals surface area contributed by atoms with Gasteiger partial charge in [0.1, 0.15) is 6.04 Å². The normalized spacial score (nSPS) is 11.5. The second-order valence-electron chi connectivity index (χ2n) is 5.71. The van der Waals surface area contributed by atoms with Crippen molar-refractivity contribution in [1.29, 1.82) is 0 Å². The summed E-state index contributed by atoms with van der Waals surface area (Å²) < 4.78 is 4.96. The van der Waals surface area contributed by atoms with Gasteiger partial charge in [0.2, 0.25) is 11.8 Å². The highest BCUT2D eigenvalue weighted by Crippen LogP contribution is 2.18. The quantitative estimate of drug-likeness (QED) is 0.744. The summed E-state index contributed by atoms with van der Waals surface area (Å²) in [4.78, 5) is 35.8. The van der Waals surface area contributed by atoms with Gasteiger partial charge in [-0.3, -0.25) is 14.4 Å². The molecule has 1 unspecified atom stereocenters. The molecule has 0 saturated carbocycles. The number of furan rings is 1. The fourth-order valence-electron chi connectivity index (χ4n) is 2.26. The number of aryl methyl sites for hydroxylation is 2. The summed E-state index contributed by atoms with van der Waals surface area (Å²) in [5, 5.41) is 7.77. The van der Waals surface area contributed by atoms with Crippen molar-refractivity contribution >= 4 is 23.4 Å². The molecule has 7 nitrogen and oxygen atoms in total. The zero-order valence-electron chi connectivity index (χ0n) is 14.4. The van der Waals surface area contributed by atoms with Crippen LogP contribution >= 0.6 is 0 Å². The monoisotopic (exact) mass is 343 g/mol. The summed E-state index contributed by atoms with van der Waals surface area (Å²) in [7, 11) is 0. The molecular weight excluding hydrogens is 322 g/mol. The van der Waals surface area contributed by atoms with E-state index in [2.05, 4.69) is 16.0 Å². The minimum absolute atomic E-state index is 0.118. The van der Waals surface area contributed by atoms with Crippen LogP contribution in [0.2, 0.25) is 0 Å². The van der Waals surface area contributed by atoms with Gasteiger partial charge in [0, 0.05) is 5.69 Å². The molecule has 1 aromatic heterocycles. The molecule has 0 aliphatic heterocycles. The maximum absolute atomic E-state index is 12.0. The first-order valence-electron chi connectivity index (χ1n) is 7.86. The number of hydrogen-bond donors (Lipinski definition) is 3. The Kier molecular flexibility index (Phi) is 5.94. The first kappa shape index (κ1) is 18.3. The average Bonchev–Trinajstić information content (AvgIpc) is 3.10. The lowest BCUT2D eigenvalue weighted by Crippen LogP contribution is -2.46. The van der Waals surface area contributed by atoms with Crippen molar-refractivity contribution in [3.63, 3.8) is 0 Å². The van der Waals surface area contributed by atoms with Crippen LogP contribution in [0.25, 0.3) is 0 Å². The van der Waals surface area contributed by atoms with Crippen LogP contribution in [-0.2, 0) is 9.59 Å². The van der Waals surface area contributed by atoms with Gasteiger partial charge >= 0.3 is 0 Å². The van der Waals surface area contributed by atoms with Gasteiger partial charge in [-0.1, -0.05) is 18.2 Å². The molecule has 2 rings (SSSR count). The Hall–Kier alpha value is -3.09. The Balaban J connectivity index is 1.82. The van der Waals surface area contributed by atoms with E-state index in [1.165, 1.54) is 19.3 Å². The first-order chi connectivity index (χ1) is 11.9. The molecule has 132 valence electrons. The van der Waals surface area contributed by atoms with Crippen LogP contribution in [0.15, 0.2) is 41.0 Å². The topological polar surface area (TPSA) is 100 Å². The van der Waals surface area contributed by atoms with Gasteiger partial charge in [-0.15, -0.1) is 0 Å². The number of carbonyl (C=O) groups is 3. The molecule has 0 saturated heterocycles. The lowest BCUT2D eigenvalue weighted by Gasteiger charge is -2.14. The van der Waals surface area contributed by atoms with Crippen molar-refractivity contribution in [2.45, 2.75) is 26.8 Å². The number of para-hydroxylation sites is 1. The molecule has 2 aromatic rings. The van der Waals surface area contributed by atoms with E-state index in [1.54, 1.807) is 6.07 Å². The largest absolute Gasteiger partial charge is 0.459 e. The molecule has 3 amide bonds. The van der Waals surface area contributed by atoms with Crippen molar-refractivity contribution in [3.05, 3.63) is 53.5 Å². The third-order valence-corrected chi connectivity index (χ3v) is 3.65. The fraction of sp³-hybridized carbons (Fsp3) is 0.278. The summed E-state index contributed by atoms with van der Waals surface area (Å²) in [5.41, 5.74) is 2.62. The second kappa shape index (κ2) is 8.14. The van der Waals surface area contributed by atoms with Crippen LogP contribution in [0.3, 0.4) is 0 Å².